The first-order chi connectivity index (χ1) is 7.77. The number of halogens is 1. The Bertz CT molecular complexity index is 541. The standard InChI is InChI=1S/C12H8FNO2/c1-15-11-3-2-9(8-4-5-16-7-8)10(6-14)12(11)13/h2-5,7H,1H3. The van der Waals surface area contributed by atoms with Crippen LogP contribution in [0.25, 0.3) is 11.1 Å². The van der Waals surface area contributed by atoms with Gasteiger partial charge in [-0.05, 0) is 18.2 Å². The Hall–Kier alpha value is -2.28. The molecule has 80 valence electrons. The van der Waals surface area contributed by atoms with Gasteiger partial charge in [0.25, 0.3) is 0 Å². The molecule has 0 unspecified atom stereocenters. The van der Waals surface area contributed by atoms with E-state index in [2.05, 4.69) is 0 Å². The fourth-order valence-electron chi connectivity index (χ4n) is 1.48. The number of ether oxygens (including phenoxy) is 1. The number of furan rings is 1. The smallest absolute Gasteiger partial charge is 0.183 e. The average molecular weight is 217 g/mol. The van der Waals surface area contributed by atoms with E-state index in [1.165, 1.54) is 25.7 Å². The number of nitrogens with zero attached hydrogens (tertiary/aromatic N) is 1. The highest BCUT2D eigenvalue weighted by Crippen LogP contribution is 2.30. The molecular formula is C12H8FNO2. The zero-order valence-electron chi connectivity index (χ0n) is 8.53. The highest BCUT2D eigenvalue weighted by Gasteiger charge is 2.15. The van der Waals surface area contributed by atoms with Gasteiger partial charge in [0.05, 0.1) is 25.2 Å². The lowest BCUT2D eigenvalue weighted by Gasteiger charge is -2.06. The van der Waals surface area contributed by atoms with Crippen molar-refractivity contribution in [2.75, 3.05) is 7.11 Å². The van der Waals surface area contributed by atoms with E-state index in [-0.39, 0.29) is 11.3 Å². The summed E-state index contributed by atoms with van der Waals surface area (Å²) >= 11 is 0. The van der Waals surface area contributed by atoms with Crippen LogP contribution < -0.4 is 4.74 Å². The third-order valence-electron chi connectivity index (χ3n) is 2.27. The Labute approximate surface area is 91.7 Å². The molecule has 0 atom stereocenters. The van der Waals surface area contributed by atoms with E-state index in [9.17, 15) is 4.39 Å². The lowest BCUT2D eigenvalue weighted by Crippen LogP contribution is -1.94. The van der Waals surface area contributed by atoms with Crippen molar-refractivity contribution in [2.45, 2.75) is 0 Å². The summed E-state index contributed by atoms with van der Waals surface area (Å²) in [6.07, 6.45) is 2.93. The predicted octanol–water partition coefficient (Wildman–Crippen LogP) is 2.97. The molecule has 16 heavy (non-hydrogen) atoms. The molecule has 0 N–H and O–H groups in total. The first-order valence-corrected chi connectivity index (χ1v) is 4.57. The average Bonchev–Trinajstić information content (AvgIpc) is 2.82. The van der Waals surface area contributed by atoms with Gasteiger partial charge >= 0.3 is 0 Å². The van der Waals surface area contributed by atoms with E-state index in [1.54, 1.807) is 12.1 Å². The summed E-state index contributed by atoms with van der Waals surface area (Å²) in [5.74, 6) is -0.590. The van der Waals surface area contributed by atoms with Crippen LogP contribution in [0, 0.1) is 17.1 Å². The fraction of sp³-hybridized carbons (Fsp3) is 0.0833. The number of hydrogen-bond acceptors (Lipinski definition) is 3. The Balaban J connectivity index is 2.65. The molecule has 1 aromatic heterocycles. The Morgan fingerprint density at radius 2 is 2.19 bits per heavy atom. The molecule has 0 fully saturated rings. The van der Waals surface area contributed by atoms with Crippen LogP contribution in [0.2, 0.25) is 0 Å². The topological polar surface area (TPSA) is 46.2 Å². The summed E-state index contributed by atoms with van der Waals surface area (Å²) in [5, 5.41) is 8.94. The number of benzene rings is 1. The molecule has 0 spiro atoms. The van der Waals surface area contributed by atoms with E-state index in [1.807, 2.05) is 6.07 Å². The third-order valence-corrected chi connectivity index (χ3v) is 2.27. The fourth-order valence-corrected chi connectivity index (χ4v) is 1.48. The minimum atomic E-state index is -0.649. The summed E-state index contributed by atoms with van der Waals surface area (Å²) in [4.78, 5) is 0. The lowest BCUT2D eigenvalue weighted by atomic mass is 10.0. The van der Waals surface area contributed by atoms with Crippen molar-refractivity contribution in [3.05, 3.63) is 42.1 Å². The molecule has 4 heteroatoms. The summed E-state index contributed by atoms with van der Waals surface area (Å²) in [7, 11) is 1.36. The van der Waals surface area contributed by atoms with Gasteiger partial charge in [-0.1, -0.05) is 0 Å². The van der Waals surface area contributed by atoms with Crippen LogP contribution in [0.5, 0.6) is 5.75 Å². The molecule has 1 heterocycles. The minimum absolute atomic E-state index is 0.0410. The van der Waals surface area contributed by atoms with Crippen molar-refractivity contribution in [2.24, 2.45) is 0 Å². The predicted molar refractivity (Wildman–Crippen MR) is 55.4 cm³/mol. The maximum Gasteiger partial charge on any atom is 0.183 e. The zero-order chi connectivity index (χ0) is 11.5. The number of hydrogen-bond donors (Lipinski definition) is 0. The van der Waals surface area contributed by atoms with Crippen LogP contribution in [0.4, 0.5) is 4.39 Å². The van der Waals surface area contributed by atoms with Gasteiger partial charge < -0.3 is 9.15 Å². The molecule has 0 saturated heterocycles. The number of rotatable bonds is 2. The Morgan fingerprint density at radius 1 is 1.38 bits per heavy atom. The van der Waals surface area contributed by atoms with Crippen molar-refractivity contribution in [1.82, 2.24) is 0 Å². The molecule has 2 aromatic rings. The van der Waals surface area contributed by atoms with Crippen LogP contribution in [-0.4, -0.2) is 7.11 Å². The third kappa shape index (κ3) is 1.52. The number of nitriles is 1. The minimum Gasteiger partial charge on any atom is -0.494 e. The Morgan fingerprint density at radius 3 is 2.75 bits per heavy atom. The van der Waals surface area contributed by atoms with E-state index >= 15 is 0 Å². The molecule has 0 amide bonds. The monoisotopic (exact) mass is 217 g/mol. The van der Waals surface area contributed by atoms with Crippen molar-refractivity contribution in [3.8, 4) is 22.9 Å². The van der Waals surface area contributed by atoms with Crippen LogP contribution in [0.1, 0.15) is 5.56 Å². The zero-order valence-corrected chi connectivity index (χ0v) is 8.53. The second-order valence-corrected chi connectivity index (χ2v) is 3.13. The molecule has 0 radical (unpaired) electrons. The summed E-state index contributed by atoms with van der Waals surface area (Å²) in [6.45, 7) is 0. The van der Waals surface area contributed by atoms with Crippen LogP contribution in [0.15, 0.2) is 35.1 Å². The molecule has 3 nitrogen and oxygen atoms in total. The van der Waals surface area contributed by atoms with E-state index in [4.69, 9.17) is 14.4 Å². The van der Waals surface area contributed by atoms with E-state index in [0.717, 1.165) is 0 Å². The SMILES string of the molecule is COc1ccc(-c2ccoc2)c(C#N)c1F. The largest absolute Gasteiger partial charge is 0.494 e. The molecule has 0 saturated carbocycles. The van der Waals surface area contributed by atoms with E-state index in [0.29, 0.717) is 11.1 Å². The van der Waals surface area contributed by atoms with Crippen LogP contribution in [0.3, 0.4) is 0 Å². The molecule has 1 aromatic carbocycles. The van der Waals surface area contributed by atoms with Gasteiger partial charge in [0.15, 0.2) is 11.6 Å². The van der Waals surface area contributed by atoms with Gasteiger partial charge in [0.2, 0.25) is 0 Å². The molecule has 0 aliphatic rings. The highest BCUT2D eigenvalue weighted by molar-refractivity contribution is 5.71. The van der Waals surface area contributed by atoms with Gasteiger partial charge in [-0.2, -0.15) is 5.26 Å². The van der Waals surface area contributed by atoms with E-state index < -0.39 is 5.82 Å². The summed E-state index contributed by atoms with van der Waals surface area (Å²) in [6, 6.07) is 6.61. The normalized spacial score (nSPS) is 9.81. The van der Waals surface area contributed by atoms with Gasteiger partial charge in [-0.15, -0.1) is 0 Å². The molecule has 0 aliphatic heterocycles. The molecule has 0 bridgehead atoms. The van der Waals surface area contributed by atoms with Crippen molar-refractivity contribution >= 4 is 0 Å². The van der Waals surface area contributed by atoms with Gasteiger partial charge in [0.1, 0.15) is 6.07 Å². The van der Waals surface area contributed by atoms with Crippen molar-refractivity contribution in [1.29, 1.82) is 5.26 Å². The first-order valence-electron chi connectivity index (χ1n) is 4.57. The van der Waals surface area contributed by atoms with Gasteiger partial charge in [-0.25, -0.2) is 4.39 Å². The van der Waals surface area contributed by atoms with Crippen LogP contribution in [-0.2, 0) is 0 Å². The summed E-state index contributed by atoms with van der Waals surface area (Å²) < 4.78 is 23.5. The molecular weight excluding hydrogens is 209 g/mol. The number of methoxy groups -OCH3 is 1. The second-order valence-electron chi connectivity index (χ2n) is 3.13. The van der Waals surface area contributed by atoms with Gasteiger partial charge in [0, 0.05) is 11.1 Å². The highest BCUT2D eigenvalue weighted by atomic mass is 19.1. The van der Waals surface area contributed by atoms with Crippen LogP contribution >= 0.6 is 0 Å². The van der Waals surface area contributed by atoms with Gasteiger partial charge in [-0.3, -0.25) is 0 Å². The molecule has 2 rings (SSSR count). The second kappa shape index (κ2) is 4.07. The summed E-state index contributed by atoms with van der Waals surface area (Å²) in [5.41, 5.74) is 1.12. The molecule has 0 aliphatic carbocycles. The van der Waals surface area contributed by atoms with Crippen molar-refractivity contribution < 1.29 is 13.5 Å². The maximum atomic E-state index is 13.7. The maximum absolute atomic E-state index is 13.7. The first kappa shape index (κ1) is 10.2. The van der Waals surface area contributed by atoms with Crippen molar-refractivity contribution in [3.63, 3.8) is 0 Å². The lowest BCUT2D eigenvalue weighted by molar-refractivity contribution is 0.386. The quantitative estimate of drug-likeness (QED) is 0.776. The Kier molecular flexibility index (Phi) is 2.61.